The van der Waals surface area contributed by atoms with Crippen LogP contribution >= 0.6 is 11.3 Å². The van der Waals surface area contributed by atoms with Crippen LogP contribution in [0, 0.1) is 18.2 Å². The number of aromatic hydroxyl groups is 1. The third-order valence-corrected chi connectivity index (χ3v) is 6.65. The first-order valence-corrected chi connectivity index (χ1v) is 11.3. The van der Waals surface area contributed by atoms with Gasteiger partial charge in [0.25, 0.3) is 0 Å². The van der Waals surface area contributed by atoms with Gasteiger partial charge in [-0.2, -0.15) is 0 Å². The van der Waals surface area contributed by atoms with Crippen molar-refractivity contribution < 1.29 is 14.3 Å². The van der Waals surface area contributed by atoms with Gasteiger partial charge in [-0.25, -0.2) is 9.37 Å². The minimum Gasteiger partial charge on any atom is -0.505 e. The molecule has 0 radical (unpaired) electrons. The van der Waals surface area contributed by atoms with Gasteiger partial charge in [-0.3, -0.25) is 10.2 Å². The Morgan fingerprint density at radius 2 is 1.82 bits per heavy atom. The molecule has 9 heteroatoms. The minimum atomic E-state index is -0.749. The number of nitrogens with two attached hydrogens (primary N) is 1. The van der Waals surface area contributed by atoms with Gasteiger partial charge in [0.2, 0.25) is 0 Å². The first-order chi connectivity index (χ1) is 15.7. The number of anilines is 1. The van der Waals surface area contributed by atoms with E-state index in [0.29, 0.717) is 33.0 Å². The molecule has 1 aliphatic rings. The summed E-state index contributed by atoms with van der Waals surface area (Å²) >= 11 is 1.11. The van der Waals surface area contributed by atoms with Crippen molar-refractivity contribution in [1.29, 1.82) is 5.41 Å². The Balaban J connectivity index is 0.000000323. The summed E-state index contributed by atoms with van der Waals surface area (Å²) in [5.41, 5.74) is 8.58. The lowest BCUT2D eigenvalue weighted by atomic mass is 10.0. The first-order valence-electron chi connectivity index (χ1n) is 10.5. The number of nitrogens with zero attached hydrogens (tertiary/aromatic N) is 3. The summed E-state index contributed by atoms with van der Waals surface area (Å²) in [6.45, 7) is 6.78. The SMILES string of the molecule is CN1CCN(C)CC1.Cc1cccc(C(=N)c2nc(C=O)c(-c3ccc(F)c(O)c3)s2)c1N. The highest BCUT2D eigenvalue weighted by atomic mass is 32.1. The van der Waals surface area contributed by atoms with Crippen molar-refractivity contribution >= 4 is 29.0 Å². The van der Waals surface area contributed by atoms with E-state index < -0.39 is 11.6 Å². The smallest absolute Gasteiger partial charge is 0.169 e. The second-order valence-electron chi connectivity index (χ2n) is 8.04. The maximum absolute atomic E-state index is 13.3. The lowest BCUT2D eigenvalue weighted by Crippen LogP contribution is -2.42. The summed E-state index contributed by atoms with van der Waals surface area (Å²) in [5.74, 6) is -1.26. The number of piperazine rings is 1. The van der Waals surface area contributed by atoms with E-state index in [-0.39, 0.29) is 11.4 Å². The molecule has 1 fully saturated rings. The quantitative estimate of drug-likeness (QED) is 0.306. The number of aryl methyl sites for hydroxylation is 1. The summed E-state index contributed by atoms with van der Waals surface area (Å²) in [4.78, 5) is 20.7. The number of halogens is 1. The van der Waals surface area contributed by atoms with Gasteiger partial charge in [0.15, 0.2) is 17.9 Å². The predicted molar refractivity (Wildman–Crippen MR) is 131 cm³/mol. The van der Waals surface area contributed by atoms with Crippen LogP contribution < -0.4 is 5.73 Å². The van der Waals surface area contributed by atoms with E-state index in [9.17, 15) is 14.3 Å². The summed E-state index contributed by atoms with van der Waals surface area (Å²) in [7, 11) is 4.35. The zero-order valence-corrected chi connectivity index (χ0v) is 19.7. The number of hydrogen-bond donors (Lipinski definition) is 3. The Labute approximate surface area is 196 Å². The largest absolute Gasteiger partial charge is 0.505 e. The number of benzene rings is 2. The van der Waals surface area contributed by atoms with Crippen LogP contribution in [-0.2, 0) is 0 Å². The predicted octanol–water partition coefficient (Wildman–Crippen LogP) is 3.64. The van der Waals surface area contributed by atoms with Crippen LogP contribution in [-0.4, -0.2) is 72.2 Å². The molecule has 0 bridgehead atoms. The summed E-state index contributed by atoms with van der Waals surface area (Å²) in [5, 5.41) is 18.2. The molecular formula is C24H28FN5O2S. The number of para-hydroxylation sites is 1. The minimum absolute atomic E-state index is 0.104. The van der Waals surface area contributed by atoms with Crippen molar-refractivity contribution in [2.45, 2.75) is 6.92 Å². The molecule has 0 atom stereocenters. The highest BCUT2D eigenvalue weighted by Gasteiger charge is 2.19. The van der Waals surface area contributed by atoms with E-state index in [1.165, 1.54) is 38.3 Å². The number of phenolic OH excluding ortho intramolecular Hbond substituents is 1. The number of aromatic nitrogens is 1. The van der Waals surface area contributed by atoms with Crippen LogP contribution in [0.4, 0.5) is 10.1 Å². The molecule has 33 heavy (non-hydrogen) atoms. The Morgan fingerprint density at radius 3 is 2.39 bits per heavy atom. The van der Waals surface area contributed by atoms with Crippen molar-refractivity contribution in [3.05, 3.63) is 64.0 Å². The zero-order valence-electron chi connectivity index (χ0n) is 18.9. The van der Waals surface area contributed by atoms with E-state index in [1.54, 1.807) is 12.1 Å². The molecule has 4 rings (SSSR count). The monoisotopic (exact) mass is 469 g/mol. The standard InChI is InChI=1S/C18H14FN3O2S.C6H14N2/c1-9-3-2-4-11(15(9)20)16(21)18-22-13(8-23)17(25-18)10-5-6-12(19)14(24)7-10;1-7-3-5-8(2)6-4-7/h2-8,21,24H,20H2,1H3;3-6H2,1-2H3. The van der Waals surface area contributed by atoms with E-state index in [2.05, 4.69) is 28.9 Å². The Morgan fingerprint density at radius 1 is 1.18 bits per heavy atom. The number of thiazole rings is 1. The highest BCUT2D eigenvalue weighted by Crippen LogP contribution is 2.34. The maximum Gasteiger partial charge on any atom is 0.169 e. The molecule has 0 aliphatic carbocycles. The fourth-order valence-corrected chi connectivity index (χ4v) is 4.29. The van der Waals surface area contributed by atoms with Gasteiger partial charge >= 0.3 is 0 Å². The second kappa shape index (κ2) is 10.7. The number of nitrogens with one attached hydrogen (secondary N) is 1. The molecule has 0 amide bonds. The molecule has 174 valence electrons. The topological polar surface area (TPSA) is 107 Å². The Kier molecular flexibility index (Phi) is 7.91. The number of hydrogen-bond acceptors (Lipinski definition) is 8. The molecular weight excluding hydrogens is 441 g/mol. The van der Waals surface area contributed by atoms with Crippen molar-refractivity contribution in [3.8, 4) is 16.2 Å². The van der Waals surface area contributed by atoms with Gasteiger partial charge in [-0.1, -0.05) is 24.3 Å². The lowest BCUT2D eigenvalue weighted by molar-refractivity contribution is 0.112. The molecule has 2 aromatic carbocycles. The average Bonchev–Trinajstić information content (AvgIpc) is 3.24. The lowest BCUT2D eigenvalue weighted by Gasteiger charge is -2.28. The van der Waals surface area contributed by atoms with Gasteiger partial charge in [0.1, 0.15) is 10.7 Å². The molecule has 1 aromatic heterocycles. The second-order valence-corrected chi connectivity index (χ2v) is 9.03. The molecule has 1 saturated heterocycles. The molecule has 0 spiro atoms. The highest BCUT2D eigenvalue weighted by molar-refractivity contribution is 7.17. The third kappa shape index (κ3) is 5.81. The van der Waals surface area contributed by atoms with Crippen LogP contribution in [0.1, 0.15) is 26.6 Å². The van der Waals surface area contributed by atoms with Crippen LogP contribution in [0.15, 0.2) is 36.4 Å². The molecule has 2 heterocycles. The van der Waals surface area contributed by atoms with Gasteiger partial charge in [0, 0.05) is 37.4 Å². The number of nitrogen functional groups attached to an aromatic ring is 1. The Bertz CT molecular complexity index is 1150. The zero-order chi connectivity index (χ0) is 24.1. The normalized spacial score (nSPS) is 14.4. The van der Waals surface area contributed by atoms with Gasteiger partial charge in [-0.15, -0.1) is 11.3 Å². The number of aldehydes is 1. The molecule has 1 aliphatic heterocycles. The number of phenols is 1. The van der Waals surface area contributed by atoms with Crippen LogP contribution in [0.5, 0.6) is 5.75 Å². The average molecular weight is 470 g/mol. The van der Waals surface area contributed by atoms with Gasteiger partial charge in [0.05, 0.1) is 10.6 Å². The van der Waals surface area contributed by atoms with Crippen molar-refractivity contribution in [1.82, 2.24) is 14.8 Å². The van der Waals surface area contributed by atoms with Crippen molar-refractivity contribution in [3.63, 3.8) is 0 Å². The molecule has 7 nitrogen and oxygen atoms in total. The van der Waals surface area contributed by atoms with E-state index >= 15 is 0 Å². The number of rotatable bonds is 4. The van der Waals surface area contributed by atoms with Crippen LogP contribution in [0.3, 0.4) is 0 Å². The van der Waals surface area contributed by atoms with Crippen molar-refractivity contribution in [2.24, 2.45) is 0 Å². The molecule has 4 N–H and O–H groups in total. The van der Waals surface area contributed by atoms with Gasteiger partial charge in [-0.05, 0) is 44.3 Å². The number of likely N-dealkylation sites (N-methyl/N-ethyl adjacent to an activating group) is 2. The Hall–Kier alpha value is -3.14. The molecule has 0 saturated carbocycles. The number of carbonyl (C=O) groups is 1. The van der Waals surface area contributed by atoms with E-state index in [4.69, 9.17) is 11.1 Å². The summed E-state index contributed by atoms with van der Waals surface area (Å²) in [6, 6.07) is 9.15. The fraction of sp³-hybridized carbons (Fsp3) is 0.292. The van der Waals surface area contributed by atoms with Gasteiger partial charge < -0.3 is 20.6 Å². The van der Waals surface area contributed by atoms with Crippen molar-refractivity contribution in [2.75, 3.05) is 46.0 Å². The summed E-state index contributed by atoms with van der Waals surface area (Å²) < 4.78 is 13.3. The van der Waals surface area contributed by atoms with Crippen LogP contribution in [0.25, 0.3) is 10.4 Å². The third-order valence-electron chi connectivity index (χ3n) is 5.51. The summed E-state index contributed by atoms with van der Waals surface area (Å²) in [6.07, 6.45) is 0.572. The van der Waals surface area contributed by atoms with Crippen LogP contribution in [0.2, 0.25) is 0 Å². The van der Waals surface area contributed by atoms with E-state index in [1.807, 2.05) is 13.0 Å². The number of carbonyl (C=O) groups excluding carboxylic acids is 1. The van der Waals surface area contributed by atoms with E-state index in [0.717, 1.165) is 23.0 Å². The fourth-order valence-electron chi connectivity index (χ4n) is 3.30. The maximum atomic E-state index is 13.3. The molecule has 0 unspecified atom stereocenters. The first kappa shape index (κ1) is 24.5. The molecule has 3 aromatic rings.